The topological polar surface area (TPSA) is 95.9 Å². The first-order valence-electron chi connectivity index (χ1n) is 5.33. The van der Waals surface area contributed by atoms with Crippen LogP contribution in [0.4, 0.5) is 0 Å². The number of nitrogens with one attached hydrogen (secondary N) is 1. The SMILES string of the molecule is CCOCCCC(=O)NCC[C@H](O)C(=O)O. The van der Waals surface area contributed by atoms with Gasteiger partial charge in [-0.3, -0.25) is 4.79 Å². The van der Waals surface area contributed by atoms with Crippen LogP contribution in [0.2, 0.25) is 0 Å². The van der Waals surface area contributed by atoms with Gasteiger partial charge in [0.05, 0.1) is 0 Å². The number of hydrogen-bond donors (Lipinski definition) is 3. The summed E-state index contributed by atoms with van der Waals surface area (Å²) >= 11 is 0. The molecule has 0 aromatic heterocycles. The molecule has 0 spiro atoms. The maximum absolute atomic E-state index is 11.2. The molecule has 16 heavy (non-hydrogen) atoms. The molecule has 1 atom stereocenters. The van der Waals surface area contributed by atoms with Crippen molar-refractivity contribution in [2.75, 3.05) is 19.8 Å². The van der Waals surface area contributed by atoms with E-state index in [2.05, 4.69) is 5.32 Å². The molecule has 0 saturated heterocycles. The second kappa shape index (κ2) is 9.11. The minimum atomic E-state index is -1.41. The van der Waals surface area contributed by atoms with E-state index in [-0.39, 0.29) is 18.9 Å². The Morgan fingerprint density at radius 1 is 1.44 bits per heavy atom. The van der Waals surface area contributed by atoms with E-state index >= 15 is 0 Å². The summed E-state index contributed by atoms with van der Waals surface area (Å²) in [5.41, 5.74) is 0. The number of carbonyl (C=O) groups excluding carboxylic acids is 1. The van der Waals surface area contributed by atoms with Crippen molar-refractivity contribution in [1.29, 1.82) is 0 Å². The van der Waals surface area contributed by atoms with E-state index in [0.29, 0.717) is 26.1 Å². The van der Waals surface area contributed by atoms with Crippen molar-refractivity contribution in [2.24, 2.45) is 0 Å². The predicted octanol–water partition coefficient (Wildman–Crippen LogP) is -0.245. The molecule has 0 fully saturated rings. The first-order valence-corrected chi connectivity index (χ1v) is 5.33. The van der Waals surface area contributed by atoms with Crippen molar-refractivity contribution in [3.8, 4) is 0 Å². The van der Waals surface area contributed by atoms with Gasteiger partial charge >= 0.3 is 5.97 Å². The number of rotatable bonds is 9. The van der Waals surface area contributed by atoms with Crippen LogP contribution in [0.15, 0.2) is 0 Å². The highest BCUT2D eigenvalue weighted by Gasteiger charge is 2.12. The number of aliphatic hydroxyl groups excluding tert-OH is 1. The van der Waals surface area contributed by atoms with Crippen molar-refractivity contribution >= 4 is 11.9 Å². The van der Waals surface area contributed by atoms with E-state index < -0.39 is 12.1 Å². The first-order chi connectivity index (χ1) is 7.57. The highest BCUT2D eigenvalue weighted by Crippen LogP contribution is 1.92. The zero-order valence-electron chi connectivity index (χ0n) is 9.44. The number of ether oxygens (including phenoxy) is 1. The molecule has 1 amide bonds. The molecule has 6 heteroatoms. The summed E-state index contributed by atoms with van der Waals surface area (Å²) in [6.07, 6.45) is -0.402. The maximum atomic E-state index is 11.2. The zero-order chi connectivity index (χ0) is 12.4. The van der Waals surface area contributed by atoms with Gasteiger partial charge in [0.2, 0.25) is 5.91 Å². The molecule has 3 N–H and O–H groups in total. The highest BCUT2D eigenvalue weighted by atomic mass is 16.5. The lowest BCUT2D eigenvalue weighted by molar-refractivity contribution is -0.147. The first kappa shape index (κ1) is 14.9. The molecular weight excluding hydrogens is 214 g/mol. The molecule has 0 aromatic rings. The molecule has 0 rings (SSSR count). The van der Waals surface area contributed by atoms with E-state index in [9.17, 15) is 9.59 Å². The van der Waals surface area contributed by atoms with Gasteiger partial charge in [-0.25, -0.2) is 4.79 Å². The summed E-state index contributed by atoms with van der Waals surface area (Å²) in [5.74, 6) is -1.43. The van der Waals surface area contributed by atoms with Gasteiger partial charge < -0.3 is 20.3 Å². The van der Waals surface area contributed by atoms with Crippen LogP contribution in [0.5, 0.6) is 0 Å². The van der Waals surface area contributed by atoms with Gasteiger partial charge in [-0.15, -0.1) is 0 Å². The molecule has 94 valence electrons. The fraction of sp³-hybridized carbons (Fsp3) is 0.800. The van der Waals surface area contributed by atoms with Gasteiger partial charge in [-0.1, -0.05) is 0 Å². The molecule has 0 aliphatic heterocycles. The second-order valence-electron chi connectivity index (χ2n) is 3.29. The average Bonchev–Trinajstić information content (AvgIpc) is 2.24. The van der Waals surface area contributed by atoms with Gasteiger partial charge in [0.15, 0.2) is 6.10 Å². The summed E-state index contributed by atoms with van der Waals surface area (Å²) in [4.78, 5) is 21.4. The van der Waals surface area contributed by atoms with Crippen molar-refractivity contribution in [3.05, 3.63) is 0 Å². The average molecular weight is 233 g/mol. The van der Waals surface area contributed by atoms with Crippen LogP contribution in [0.1, 0.15) is 26.2 Å². The molecule has 0 heterocycles. The lowest BCUT2D eigenvalue weighted by Gasteiger charge is -2.07. The van der Waals surface area contributed by atoms with E-state index in [1.54, 1.807) is 0 Å². The zero-order valence-corrected chi connectivity index (χ0v) is 9.44. The fourth-order valence-electron chi connectivity index (χ4n) is 1.04. The van der Waals surface area contributed by atoms with Gasteiger partial charge in [-0.2, -0.15) is 0 Å². The van der Waals surface area contributed by atoms with Crippen LogP contribution in [0.25, 0.3) is 0 Å². The Morgan fingerprint density at radius 2 is 2.12 bits per heavy atom. The summed E-state index contributed by atoms with van der Waals surface area (Å²) in [7, 11) is 0. The summed E-state index contributed by atoms with van der Waals surface area (Å²) in [6.45, 7) is 3.22. The Labute approximate surface area is 94.6 Å². The monoisotopic (exact) mass is 233 g/mol. The molecule has 0 aliphatic rings. The Kier molecular flexibility index (Phi) is 8.46. The van der Waals surface area contributed by atoms with E-state index in [1.807, 2.05) is 6.92 Å². The van der Waals surface area contributed by atoms with Gasteiger partial charge in [0.25, 0.3) is 0 Å². The standard InChI is InChI=1S/C10H19NO5/c1-2-16-7-3-4-9(13)11-6-5-8(12)10(14)15/h8,12H,2-7H2,1H3,(H,11,13)(H,14,15)/t8-/m0/s1. The van der Waals surface area contributed by atoms with Gasteiger partial charge in [0.1, 0.15) is 0 Å². The van der Waals surface area contributed by atoms with E-state index in [0.717, 1.165) is 0 Å². The Balaban J connectivity index is 3.40. The normalized spacial score (nSPS) is 12.1. The number of carboxylic acids is 1. The van der Waals surface area contributed by atoms with Crippen LogP contribution in [0, 0.1) is 0 Å². The third-order valence-corrected chi connectivity index (χ3v) is 1.92. The summed E-state index contributed by atoms with van der Waals surface area (Å²) in [6, 6.07) is 0. The van der Waals surface area contributed by atoms with Gasteiger partial charge in [0, 0.05) is 32.6 Å². The summed E-state index contributed by atoms with van der Waals surface area (Å²) in [5, 5.41) is 19.8. The lowest BCUT2D eigenvalue weighted by Crippen LogP contribution is -2.30. The lowest BCUT2D eigenvalue weighted by atomic mass is 10.2. The van der Waals surface area contributed by atoms with Crippen LogP contribution in [-0.4, -0.2) is 48.0 Å². The van der Waals surface area contributed by atoms with Crippen molar-refractivity contribution in [3.63, 3.8) is 0 Å². The highest BCUT2D eigenvalue weighted by molar-refractivity contribution is 5.76. The fourth-order valence-corrected chi connectivity index (χ4v) is 1.04. The van der Waals surface area contributed by atoms with Crippen LogP contribution in [-0.2, 0) is 14.3 Å². The molecular formula is C10H19NO5. The molecule has 0 unspecified atom stereocenters. The molecule has 0 saturated carbocycles. The minimum absolute atomic E-state index is 0.0204. The van der Waals surface area contributed by atoms with Crippen molar-refractivity contribution < 1.29 is 24.5 Å². The van der Waals surface area contributed by atoms with Crippen LogP contribution < -0.4 is 5.32 Å². The Hall–Kier alpha value is -1.14. The molecule has 0 bridgehead atoms. The van der Waals surface area contributed by atoms with Crippen molar-refractivity contribution in [1.82, 2.24) is 5.32 Å². The van der Waals surface area contributed by atoms with Crippen LogP contribution >= 0.6 is 0 Å². The number of amides is 1. The predicted molar refractivity (Wildman–Crippen MR) is 57.0 cm³/mol. The van der Waals surface area contributed by atoms with E-state index in [1.165, 1.54) is 0 Å². The smallest absolute Gasteiger partial charge is 0.332 e. The number of carbonyl (C=O) groups is 2. The summed E-state index contributed by atoms with van der Waals surface area (Å²) < 4.78 is 5.06. The Morgan fingerprint density at radius 3 is 2.69 bits per heavy atom. The minimum Gasteiger partial charge on any atom is -0.479 e. The second-order valence-corrected chi connectivity index (χ2v) is 3.29. The Bertz CT molecular complexity index is 219. The quantitative estimate of drug-likeness (QED) is 0.477. The van der Waals surface area contributed by atoms with E-state index in [4.69, 9.17) is 14.9 Å². The number of carboxylic acid groups (broad SMARTS) is 1. The number of aliphatic hydroxyl groups is 1. The maximum Gasteiger partial charge on any atom is 0.332 e. The molecule has 0 aliphatic carbocycles. The molecule has 0 radical (unpaired) electrons. The van der Waals surface area contributed by atoms with Crippen molar-refractivity contribution in [2.45, 2.75) is 32.3 Å². The third kappa shape index (κ3) is 8.19. The largest absolute Gasteiger partial charge is 0.479 e. The van der Waals surface area contributed by atoms with Gasteiger partial charge in [-0.05, 0) is 13.3 Å². The third-order valence-electron chi connectivity index (χ3n) is 1.92. The molecule has 0 aromatic carbocycles. The molecule has 6 nitrogen and oxygen atoms in total. The number of aliphatic carboxylic acids is 1. The van der Waals surface area contributed by atoms with Crippen LogP contribution in [0.3, 0.4) is 0 Å². The number of hydrogen-bond acceptors (Lipinski definition) is 4.